The highest BCUT2D eigenvalue weighted by Crippen LogP contribution is 2.33. The van der Waals surface area contributed by atoms with E-state index in [0.717, 1.165) is 38.5 Å². The Hall–Kier alpha value is -1.10. The summed E-state index contributed by atoms with van der Waals surface area (Å²) in [4.78, 5) is 24.2. The van der Waals surface area contributed by atoms with E-state index in [9.17, 15) is 9.59 Å². The van der Waals surface area contributed by atoms with Crippen molar-refractivity contribution in [3.8, 4) is 0 Å². The maximum absolute atomic E-state index is 11.7. The molecule has 102 valence electrons. The van der Waals surface area contributed by atoms with Gasteiger partial charge in [0.15, 0.2) is 0 Å². The summed E-state index contributed by atoms with van der Waals surface area (Å²) in [6.07, 6.45) is 6.22. The topological polar surface area (TPSA) is 69.6 Å². The molecular formula is C13H22N2O3. The highest BCUT2D eigenvalue weighted by molar-refractivity contribution is 5.74. The lowest BCUT2D eigenvalue weighted by Crippen LogP contribution is -2.46. The molecule has 2 aliphatic rings. The fraction of sp³-hybridized carbons (Fsp3) is 0.846. The van der Waals surface area contributed by atoms with Gasteiger partial charge < -0.3 is 15.3 Å². The summed E-state index contributed by atoms with van der Waals surface area (Å²) in [5.41, 5.74) is 0. The van der Waals surface area contributed by atoms with Crippen LogP contribution in [0.5, 0.6) is 0 Å². The minimum absolute atomic E-state index is 0.0361. The first-order valence-electron chi connectivity index (χ1n) is 6.82. The lowest BCUT2D eigenvalue weighted by Gasteiger charge is -2.36. The van der Waals surface area contributed by atoms with Gasteiger partial charge in [-0.2, -0.15) is 0 Å². The second-order valence-electron chi connectivity index (χ2n) is 5.44. The van der Waals surface area contributed by atoms with E-state index < -0.39 is 5.97 Å². The van der Waals surface area contributed by atoms with Crippen LogP contribution in [0.2, 0.25) is 0 Å². The van der Waals surface area contributed by atoms with Crippen molar-refractivity contribution in [2.24, 2.45) is 0 Å². The smallest absolute Gasteiger partial charge is 0.317 e. The van der Waals surface area contributed by atoms with Crippen molar-refractivity contribution < 1.29 is 14.7 Å². The van der Waals surface area contributed by atoms with Crippen LogP contribution in [-0.4, -0.2) is 46.6 Å². The molecule has 0 atom stereocenters. The third kappa shape index (κ3) is 3.45. The molecule has 2 saturated carbocycles. The van der Waals surface area contributed by atoms with E-state index in [1.54, 1.807) is 6.92 Å². The maximum atomic E-state index is 11.7. The van der Waals surface area contributed by atoms with Crippen LogP contribution in [0, 0.1) is 0 Å². The van der Waals surface area contributed by atoms with Gasteiger partial charge in [0.2, 0.25) is 5.91 Å². The van der Waals surface area contributed by atoms with E-state index in [0.29, 0.717) is 18.1 Å². The highest BCUT2D eigenvalue weighted by atomic mass is 16.4. The largest absolute Gasteiger partial charge is 0.480 e. The molecule has 0 heterocycles. The van der Waals surface area contributed by atoms with Gasteiger partial charge in [0.05, 0.1) is 6.54 Å². The number of carboxylic acid groups (broad SMARTS) is 1. The van der Waals surface area contributed by atoms with Gasteiger partial charge in [0.1, 0.15) is 0 Å². The maximum Gasteiger partial charge on any atom is 0.317 e. The zero-order chi connectivity index (χ0) is 13.1. The van der Waals surface area contributed by atoms with Crippen LogP contribution in [0.15, 0.2) is 0 Å². The lowest BCUT2D eigenvalue weighted by molar-refractivity contribution is -0.136. The number of amides is 1. The van der Waals surface area contributed by atoms with Crippen molar-refractivity contribution >= 4 is 11.9 Å². The van der Waals surface area contributed by atoms with Gasteiger partial charge in [-0.3, -0.25) is 9.59 Å². The third-order valence-corrected chi connectivity index (χ3v) is 3.94. The number of carbonyl (C=O) groups excluding carboxylic acids is 1. The summed E-state index contributed by atoms with van der Waals surface area (Å²) >= 11 is 0. The van der Waals surface area contributed by atoms with Crippen molar-refractivity contribution in [2.45, 2.75) is 63.6 Å². The molecular weight excluding hydrogens is 232 g/mol. The van der Waals surface area contributed by atoms with Crippen LogP contribution < -0.4 is 5.32 Å². The lowest BCUT2D eigenvalue weighted by atomic mass is 9.90. The van der Waals surface area contributed by atoms with Crippen LogP contribution in [0.1, 0.15) is 45.4 Å². The minimum atomic E-state index is -0.805. The molecule has 1 amide bonds. The van der Waals surface area contributed by atoms with Crippen molar-refractivity contribution in [1.29, 1.82) is 0 Å². The van der Waals surface area contributed by atoms with Gasteiger partial charge in [-0.25, -0.2) is 0 Å². The van der Waals surface area contributed by atoms with E-state index in [4.69, 9.17) is 5.11 Å². The van der Waals surface area contributed by atoms with Gasteiger partial charge in [0, 0.05) is 25.0 Å². The van der Waals surface area contributed by atoms with E-state index in [1.807, 2.05) is 0 Å². The number of nitrogens with one attached hydrogen (secondary N) is 1. The van der Waals surface area contributed by atoms with Gasteiger partial charge in [-0.15, -0.1) is 0 Å². The molecule has 5 nitrogen and oxygen atoms in total. The summed E-state index contributed by atoms with van der Waals surface area (Å²) in [7, 11) is 0. The molecule has 2 aliphatic carbocycles. The zero-order valence-electron chi connectivity index (χ0n) is 10.9. The molecule has 2 rings (SSSR count). The first-order valence-corrected chi connectivity index (χ1v) is 6.82. The molecule has 0 bridgehead atoms. The molecule has 0 aliphatic heterocycles. The van der Waals surface area contributed by atoms with Gasteiger partial charge in [-0.05, 0) is 38.5 Å². The number of hydrogen-bond acceptors (Lipinski definition) is 3. The normalized spacial score (nSPS) is 27.8. The van der Waals surface area contributed by atoms with Crippen LogP contribution in [0.4, 0.5) is 0 Å². The summed E-state index contributed by atoms with van der Waals surface area (Å²) in [5, 5.41) is 11.7. The Morgan fingerprint density at radius 3 is 2.00 bits per heavy atom. The van der Waals surface area contributed by atoms with E-state index >= 15 is 0 Å². The molecule has 0 spiro atoms. The SMILES string of the molecule is CC(=O)N(C1CCC(NCC(=O)O)CC1)C1CC1. The summed E-state index contributed by atoms with van der Waals surface area (Å²) in [6, 6.07) is 1.15. The molecule has 0 aromatic heterocycles. The predicted octanol–water partition coefficient (Wildman–Crippen LogP) is 0.983. The molecule has 18 heavy (non-hydrogen) atoms. The van der Waals surface area contributed by atoms with Crippen LogP contribution >= 0.6 is 0 Å². The first-order chi connectivity index (χ1) is 8.58. The number of aliphatic carboxylic acids is 1. The molecule has 0 aromatic carbocycles. The second kappa shape index (κ2) is 5.69. The van der Waals surface area contributed by atoms with E-state index in [2.05, 4.69) is 10.2 Å². The van der Waals surface area contributed by atoms with E-state index in [-0.39, 0.29) is 12.5 Å². The van der Waals surface area contributed by atoms with Crippen LogP contribution in [0.3, 0.4) is 0 Å². The highest BCUT2D eigenvalue weighted by Gasteiger charge is 2.37. The Morgan fingerprint density at radius 1 is 1.11 bits per heavy atom. The number of rotatable bonds is 5. The van der Waals surface area contributed by atoms with E-state index in [1.165, 1.54) is 0 Å². The predicted molar refractivity (Wildman–Crippen MR) is 67.2 cm³/mol. The molecule has 2 N–H and O–H groups in total. The molecule has 0 saturated heterocycles. The molecule has 5 heteroatoms. The standard InChI is InChI=1S/C13H22N2O3/c1-9(16)15(12-6-7-12)11-4-2-10(3-5-11)14-8-13(17)18/h10-12,14H,2-8H2,1H3,(H,17,18). The minimum Gasteiger partial charge on any atom is -0.480 e. The quantitative estimate of drug-likeness (QED) is 0.767. The fourth-order valence-electron chi connectivity index (χ4n) is 2.95. The van der Waals surface area contributed by atoms with Crippen molar-refractivity contribution in [3.05, 3.63) is 0 Å². The summed E-state index contributed by atoms with van der Waals surface area (Å²) < 4.78 is 0. The Bertz CT molecular complexity index is 320. The number of hydrogen-bond donors (Lipinski definition) is 2. The first kappa shape index (κ1) is 13.3. The monoisotopic (exact) mass is 254 g/mol. The Balaban J connectivity index is 1.78. The van der Waals surface area contributed by atoms with Crippen molar-refractivity contribution in [2.75, 3.05) is 6.54 Å². The average molecular weight is 254 g/mol. The molecule has 0 radical (unpaired) electrons. The molecule has 0 aromatic rings. The average Bonchev–Trinajstić information content (AvgIpc) is 3.12. The van der Waals surface area contributed by atoms with Gasteiger partial charge in [0.25, 0.3) is 0 Å². The van der Waals surface area contributed by atoms with Gasteiger partial charge in [-0.1, -0.05) is 0 Å². The molecule has 2 fully saturated rings. The summed E-state index contributed by atoms with van der Waals surface area (Å²) in [6.45, 7) is 1.70. The van der Waals surface area contributed by atoms with Gasteiger partial charge >= 0.3 is 5.97 Å². The van der Waals surface area contributed by atoms with Crippen LogP contribution in [-0.2, 0) is 9.59 Å². The summed E-state index contributed by atoms with van der Waals surface area (Å²) in [5.74, 6) is -0.611. The fourth-order valence-corrected chi connectivity index (χ4v) is 2.95. The number of carboxylic acids is 1. The number of nitrogens with zero attached hydrogens (tertiary/aromatic N) is 1. The molecule has 0 unspecified atom stereocenters. The Morgan fingerprint density at radius 2 is 1.61 bits per heavy atom. The number of carbonyl (C=O) groups is 2. The van der Waals surface area contributed by atoms with Crippen LogP contribution in [0.25, 0.3) is 0 Å². The van der Waals surface area contributed by atoms with Crippen molar-refractivity contribution in [1.82, 2.24) is 10.2 Å². The Kier molecular flexibility index (Phi) is 4.22. The van der Waals surface area contributed by atoms with Crippen molar-refractivity contribution in [3.63, 3.8) is 0 Å². The zero-order valence-corrected chi connectivity index (χ0v) is 10.9. The third-order valence-electron chi connectivity index (χ3n) is 3.94. The second-order valence-corrected chi connectivity index (χ2v) is 5.44. The Labute approximate surface area is 108 Å².